The predicted molar refractivity (Wildman–Crippen MR) is 70.4 cm³/mol. The number of hydrogen-bond donors (Lipinski definition) is 1. The number of aromatic nitrogens is 2. The van der Waals surface area contributed by atoms with Crippen molar-refractivity contribution in [3.8, 4) is 0 Å². The lowest BCUT2D eigenvalue weighted by atomic mass is 10.4. The summed E-state index contributed by atoms with van der Waals surface area (Å²) < 4.78 is 27.5. The first kappa shape index (κ1) is 15.6. The second kappa shape index (κ2) is 5.27. The number of sulfonamides is 1. The van der Waals surface area contributed by atoms with Crippen LogP contribution in [-0.2, 0) is 24.1 Å². The van der Waals surface area contributed by atoms with Crippen LogP contribution in [0.25, 0.3) is 0 Å². The molecule has 0 amide bonds. The summed E-state index contributed by atoms with van der Waals surface area (Å²) in [6.45, 7) is 1.76. The molecule has 19 heavy (non-hydrogen) atoms. The third-order valence-corrected chi connectivity index (χ3v) is 4.99. The van der Waals surface area contributed by atoms with Crippen LogP contribution < -0.4 is 17.0 Å². The Morgan fingerprint density at radius 1 is 1.37 bits per heavy atom. The first-order chi connectivity index (χ1) is 8.64. The Morgan fingerprint density at radius 3 is 2.37 bits per heavy atom. The van der Waals surface area contributed by atoms with Gasteiger partial charge in [-0.1, -0.05) is 0 Å². The van der Waals surface area contributed by atoms with Gasteiger partial charge in [-0.05, 0) is 6.92 Å². The maximum atomic E-state index is 12.3. The molecular weight excluding hydrogens is 272 g/mol. The Kier molecular flexibility index (Phi) is 4.33. The highest BCUT2D eigenvalue weighted by Crippen LogP contribution is 2.11. The topological polar surface area (TPSA) is 107 Å². The van der Waals surface area contributed by atoms with Crippen molar-refractivity contribution in [1.29, 1.82) is 0 Å². The van der Waals surface area contributed by atoms with Gasteiger partial charge in [-0.25, -0.2) is 13.2 Å². The maximum absolute atomic E-state index is 12.3. The molecule has 1 heterocycles. The van der Waals surface area contributed by atoms with E-state index in [0.717, 1.165) is 19.6 Å². The Bertz CT molecular complexity index is 688. The molecule has 0 radical (unpaired) electrons. The lowest BCUT2D eigenvalue weighted by molar-refractivity contribution is 0.392. The number of aryl methyl sites for hydroxylation is 1. The van der Waals surface area contributed by atoms with E-state index in [1.165, 1.54) is 21.1 Å². The van der Waals surface area contributed by atoms with Crippen LogP contribution in [0.4, 0.5) is 0 Å². The average molecular weight is 290 g/mol. The van der Waals surface area contributed by atoms with Crippen molar-refractivity contribution in [3.63, 3.8) is 0 Å². The van der Waals surface area contributed by atoms with Crippen LogP contribution in [0.3, 0.4) is 0 Å². The number of nitrogens with two attached hydrogens (primary N) is 1. The summed E-state index contributed by atoms with van der Waals surface area (Å²) in [5.41, 5.74) is 3.99. The summed E-state index contributed by atoms with van der Waals surface area (Å²) in [6, 6.07) is -0.452. The van der Waals surface area contributed by atoms with Crippen molar-refractivity contribution in [2.24, 2.45) is 19.8 Å². The Morgan fingerprint density at radius 2 is 1.89 bits per heavy atom. The minimum Gasteiger partial charge on any atom is -0.329 e. The number of likely N-dealkylation sites (N-methyl/N-ethyl adjacent to an activating group) is 1. The van der Waals surface area contributed by atoms with Crippen LogP contribution in [0, 0.1) is 0 Å². The van der Waals surface area contributed by atoms with Gasteiger partial charge in [-0.2, -0.15) is 4.31 Å². The van der Waals surface area contributed by atoms with Crippen LogP contribution in [0.1, 0.15) is 6.92 Å². The second-order valence-electron chi connectivity index (χ2n) is 4.36. The molecule has 0 saturated carbocycles. The third kappa shape index (κ3) is 2.62. The number of rotatable bonds is 4. The molecular formula is C10H18N4O4S. The molecule has 1 aromatic rings. The quantitative estimate of drug-likeness (QED) is 0.693. The van der Waals surface area contributed by atoms with E-state index in [2.05, 4.69) is 0 Å². The van der Waals surface area contributed by atoms with E-state index in [4.69, 9.17) is 5.73 Å². The maximum Gasteiger partial charge on any atom is 0.330 e. The lowest BCUT2D eigenvalue weighted by Gasteiger charge is -2.22. The Balaban J connectivity index is 3.56. The van der Waals surface area contributed by atoms with E-state index < -0.39 is 32.2 Å². The number of hydrogen-bond acceptors (Lipinski definition) is 5. The standard InChI is InChI=1S/C10H18N4O4S/c1-7(5-11)14(4)19(17,18)8-6-12(2)10(16)13(3)9(8)15/h6-7H,5,11H2,1-4H3. The van der Waals surface area contributed by atoms with E-state index in [1.807, 2.05) is 0 Å². The van der Waals surface area contributed by atoms with E-state index in [-0.39, 0.29) is 6.54 Å². The molecule has 0 fully saturated rings. The van der Waals surface area contributed by atoms with Crippen molar-refractivity contribution in [1.82, 2.24) is 13.4 Å². The fourth-order valence-corrected chi connectivity index (χ4v) is 3.01. The zero-order valence-corrected chi connectivity index (χ0v) is 12.1. The van der Waals surface area contributed by atoms with Gasteiger partial charge in [-0.15, -0.1) is 0 Å². The SMILES string of the molecule is CC(CN)N(C)S(=O)(=O)c1cn(C)c(=O)n(C)c1=O. The molecule has 0 saturated heterocycles. The van der Waals surface area contributed by atoms with Gasteiger partial charge in [0.05, 0.1) is 0 Å². The molecule has 1 atom stereocenters. The molecule has 1 rings (SSSR count). The zero-order chi connectivity index (χ0) is 15.0. The van der Waals surface area contributed by atoms with Crippen molar-refractivity contribution < 1.29 is 8.42 Å². The summed E-state index contributed by atoms with van der Waals surface area (Å²) in [5, 5.41) is 0. The van der Waals surface area contributed by atoms with Crippen molar-refractivity contribution in [2.45, 2.75) is 17.9 Å². The molecule has 8 nitrogen and oxygen atoms in total. The first-order valence-corrected chi connectivity index (χ1v) is 7.03. The highest BCUT2D eigenvalue weighted by Gasteiger charge is 2.28. The molecule has 0 aliphatic carbocycles. The molecule has 0 spiro atoms. The summed E-state index contributed by atoms with van der Waals surface area (Å²) in [4.78, 5) is 23.0. The molecule has 0 bridgehead atoms. The van der Waals surface area contributed by atoms with Crippen LogP contribution in [0.5, 0.6) is 0 Å². The summed E-state index contributed by atoms with van der Waals surface area (Å²) in [7, 11) is -0.0235. The molecule has 108 valence electrons. The van der Waals surface area contributed by atoms with Crippen LogP contribution >= 0.6 is 0 Å². The molecule has 1 aromatic heterocycles. The molecule has 0 aliphatic rings. The smallest absolute Gasteiger partial charge is 0.329 e. The monoisotopic (exact) mass is 290 g/mol. The predicted octanol–water partition coefficient (Wildman–Crippen LogP) is -1.95. The molecule has 2 N–H and O–H groups in total. The van der Waals surface area contributed by atoms with Crippen LogP contribution in [0.15, 0.2) is 20.7 Å². The van der Waals surface area contributed by atoms with Gasteiger partial charge in [-0.3, -0.25) is 9.36 Å². The van der Waals surface area contributed by atoms with Gasteiger partial charge in [0.15, 0.2) is 4.90 Å². The van der Waals surface area contributed by atoms with E-state index >= 15 is 0 Å². The zero-order valence-electron chi connectivity index (χ0n) is 11.3. The van der Waals surface area contributed by atoms with Crippen molar-refractivity contribution >= 4 is 10.0 Å². The van der Waals surface area contributed by atoms with Crippen LogP contribution in [-0.4, -0.2) is 41.5 Å². The summed E-state index contributed by atoms with van der Waals surface area (Å²) >= 11 is 0. The summed E-state index contributed by atoms with van der Waals surface area (Å²) in [5.74, 6) is 0. The minimum absolute atomic E-state index is 0.127. The van der Waals surface area contributed by atoms with Gasteiger partial charge >= 0.3 is 5.69 Å². The Hall–Kier alpha value is -1.45. The minimum atomic E-state index is -3.98. The fraction of sp³-hybridized carbons (Fsp3) is 0.600. The fourth-order valence-electron chi connectivity index (χ4n) is 1.49. The largest absolute Gasteiger partial charge is 0.330 e. The van der Waals surface area contributed by atoms with Crippen molar-refractivity contribution in [2.75, 3.05) is 13.6 Å². The van der Waals surface area contributed by atoms with E-state index in [0.29, 0.717) is 0 Å². The highest BCUT2D eigenvalue weighted by molar-refractivity contribution is 7.89. The lowest BCUT2D eigenvalue weighted by Crippen LogP contribution is -2.45. The van der Waals surface area contributed by atoms with Gasteiger partial charge in [0.2, 0.25) is 10.0 Å². The first-order valence-electron chi connectivity index (χ1n) is 5.59. The van der Waals surface area contributed by atoms with Gasteiger partial charge in [0.1, 0.15) is 0 Å². The van der Waals surface area contributed by atoms with Gasteiger partial charge in [0, 0.05) is 39.9 Å². The highest BCUT2D eigenvalue weighted by atomic mass is 32.2. The van der Waals surface area contributed by atoms with Crippen molar-refractivity contribution in [3.05, 3.63) is 27.0 Å². The molecule has 0 aromatic carbocycles. The molecule has 9 heteroatoms. The summed E-state index contributed by atoms with van der Waals surface area (Å²) in [6.07, 6.45) is 1.03. The second-order valence-corrected chi connectivity index (χ2v) is 6.32. The average Bonchev–Trinajstić information content (AvgIpc) is 2.38. The van der Waals surface area contributed by atoms with Gasteiger partial charge < -0.3 is 10.3 Å². The van der Waals surface area contributed by atoms with E-state index in [9.17, 15) is 18.0 Å². The Labute approximate surface area is 111 Å². The third-order valence-electron chi connectivity index (χ3n) is 3.03. The van der Waals surface area contributed by atoms with Gasteiger partial charge in [0.25, 0.3) is 5.56 Å². The van der Waals surface area contributed by atoms with Crippen LogP contribution in [0.2, 0.25) is 0 Å². The normalized spacial score (nSPS) is 13.8. The molecule has 1 unspecified atom stereocenters. The van der Waals surface area contributed by atoms with E-state index in [1.54, 1.807) is 6.92 Å². The molecule has 0 aliphatic heterocycles. The number of nitrogens with zero attached hydrogens (tertiary/aromatic N) is 3.